The minimum Gasteiger partial charge on any atom is -0.324 e. The predicted molar refractivity (Wildman–Crippen MR) is 34.3 cm³/mol. The van der Waals surface area contributed by atoms with Crippen molar-refractivity contribution in [2.45, 2.75) is 24.9 Å². The number of nitrogens with two attached hydrogens (primary N) is 2. The zero-order valence-electron chi connectivity index (χ0n) is 4.88. The number of rotatable bonds is 0. The lowest BCUT2D eigenvalue weighted by atomic mass is 10.0. The van der Waals surface area contributed by atoms with Gasteiger partial charge in [0.05, 0.1) is 0 Å². The fourth-order valence-electron chi connectivity index (χ4n) is 0.863. The van der Waals surface area contributed by atoms with Crippen LogP contribution in [0.15, 0.2) is 12.2 Å². The molecule has 0 aliphatic heterocycles. The van der Waals surface area contributed by atoms with E-state index in [1.54, 1.807) is 0 Å². The maximum atomic E-state index is 5.55. The zero-order valence-corrected chi connectivity index (χ0v) is 4.88. The van der Waals surface area contributed by atoms with E-state index in [9.17, 15) is 0 Å². The van der Waals surface area contributed by atoms with E-state index in [1.807, 2.05) is 12.2 Å². The van der Waals surface area contributed by atoms with Crippen LogP contribution < -0.4 is 11.5 Å². The Morgan fingerprint density at radius 3 is 1.62 bits per heavy atom. The Morgan fingerprint density at radius 2 is 1.38 bits per heavy atom. The van der Waals surface area contributed by atoms with Gasteiger partial charge in [0.25, 0.3) is 0 Å². The molecule has 0 aromatic heterocycles. The molecule has 0 saturated carbocycles. The van der Waals surface area contributed by atoms with Crippen molar-refractivity contribution in [3.8, 4) is 0 Å². The maximum Gasteiger partial charge on any atom is 0.0224 e. The minimum absolute atomic E-state index is 0.259. The molecule has 2 atom stereocenters. The van der Waals surface area contributed by atoms with Crippen LogP contribution in [0, 0.1) is 0 Å². The van der Waals surface area contributed by atoms with Crippen molar-refractivity contribution in [1.82, 2.24) is 0 Å². The molecule has 0 aromatic carbocycles. The third-order valence-electron chi connectivity index (χ3n) is 1.44. The molecule has 2 nitrogen and oxygen atoms in total. The summed E-state index contributed by atoms with van der Waals surface area (Å²) in [5.41, 5.74) is 11.1. The number of hydrogen-bond donors (Lipinski definition) is 2. The van der Waals surface area contributed by atoms with E-state index in [1.165, 1.54) is 0 Å². The van der Waals surface area contributed by atoms with E-state index in [0.717, 1.165) is 12.8 Å². The van der Waals surface area contributed by atoms with Gasteiger partial charge in [0, 0.05) is 12.1 Å². The summed E-state index contributed by atoms with van der Waals surface area (Å²) in [5.74, 6) is 0. The first-order valence-electron chi connectivity index (χ1n) is 2.98. The van der Waals surface area contributed by atoms with Crippen molar-refractivity contribution >= 4 is 0 Å². The highest BCUT2D eigenvalue weighted by Gasteiger charge is 2.06. The lowest BCUT2D eigenvalue weighted by molar-refractivity contribution is 0.590. The van der Waals surface area contributed by atoms with Gasteiger partial charge in [-0.2, -0.15) is 0 Å². The van der Waals surface area contributed by atoms with Crippen LogP contribution >= 0.6 is 0 Å². The molecule has 0 heterocycles. The first-order chi connectivity index (χ1) is 3.79. The molecule has 46 valence electrons. The van der Waals surface area contributed by atoms with Gasteiger partial charge in [-0.3, -0.25) is 0 Å². The Bertz CT molecular complexity index is 86.7. The molecular weight excluding hydrogens is 100 g/mol. The molecular formula is C6H12N2. The lowest BCUT2D eigenvalue weighted by Crippen LogP contribution is -2.28. The summed E-state index contributed by atoms with van der Waals surface area (Å²) in [6, 6.07) is 0.518. The minimum atomic E-state index is 0.259. The molecule has 4 N–H and O–H groups in total. The molecule has 0 amide bonds. The molecule has 8 heavy (non-hydrogen) atoms. The molecule has 0 unspecified atom stereocenters. The average Bonchev–Trinajstić information content (AvgIpc) is 1.77. The van der Waals surface area contributed by atoms with Crippen LogP contribution in [0.5, 0.6) is 0 Å². The highest BCUT2D eigenvalue weighted by molar-refractivity contribution is 5.02. The second kappa shape index (κ2) is 2.29. The van der Waals surface area contributed by atoms with Gasteiger partial charge in [-0.1, -0.05) is 12.2 Å². The monoisotopic (exact) mass is 112 g/mol. The smallest absolute Gasteiger partial charge is 0.0224 e. The van der Waals surface area contributed by atoms with Gasteiger partial charge >= 0.3 is 0 Å². The summed E-state index contributed by atoms with van der Waals surface area (Å²) in [4.78, 5) is 0. The third-order valence-corrected chi connectivity index (χ3v) is 1.44. The van der Waals surface area contributed by atoms with Crippen LogP contribution in [0.2, 0.25) is 0 Å². The van der Waals surface area contributed by atoms with Crippen LogP contribution in [0.25, 0.3) is 0 Å². The SMILES string of the molecule is N[C@@H]1C=C[C@@H](N)CC1. The van der Waals surface area contributed by atoms with E-state index in [-0.39, 0.29) is 12.1 Å². The van der Waals surface area contributed by atoms with Crippen molar-refractivity contribution in [2.24, 2.45) is 11.5 Å². The second-order valence-electron chi connectivity index (χ2n) is 2.29. The van der Waals surface area contributed by atoms with Crippen LogP contribution in [-0.4, -0.2) is 12.1 Å². The normalized spacial score (nSPS) is 37.8. The van der Waals surface area contributed by atoms with E-state index in [0.29, 0.717) is 0 Å². The zero-order chi connectivity index (χ0) is 5.98. The first kappa shape index (κ1) is 5.79. The Hall–Kier alpha value is -0.340. The summed E-state index contributed by atoms with van der Waals surface area (Å²) < 4.78 is 0. The summed E-state index contributed by atoms with van der Waals surface area (Å²) in [6.07, 6.45) is 6.04. The summed E-state index contributed by atoms with van der Waals surface area (Å²) >= 11 is 0. The van der Waals surface area contributed by atoms with Crippen LogP contribution in [-0.2, 0) is 0 Å². The molecule has 0 radical (unpaired) electrons. The van der Waals surface area contributed by atoms with Crippen LogP contribution in [0.4, 0.5) is 0 Å². The summed E-state index contributed by atoms with van der Waals surface area (Å²) in [5, 5.41) is 0. The van der Waals surface area contributed by atoms with Gasteiger partial charge in [0.2, 0.25) is 0 Å². The van der Waals surface area contributed by atoms with E-state index >= 15 is 0 Å². The van der Waals surface area contributed by atoms with Crippen molar-refractivity contribution < 1.29 is 0 Å². The van der Waals surface area contributed by atoms with Gasteiger partial charge in [-0.05, 0) is 12.8 Å². The van der Waals surface area contributed by atoms with Crippen molar-refractivity contribution in [2.75, 3.05) is 0 Å². The van der Waals surface area contributed by atoms with Crippen molar-refractivity contribution in [3.63, 3.8) is 0 Å². The third kappa shape index (κ3) is 1.32. The molecule has 0 fully saturated rings. The number of hydrogen-bond acceptors (Lipinski definition) is 2. The molecule has 0 saturated heterocycles. The quantitative estimate of drug-likeness (QED) is 0.433. The standard InChI is InChI=1S/C6H12N2/c7-5-1-2-6(8)4-3-5/h1-2,5-6H,3-4,7-8H2/t5-,6-/m1/s1. The van der Waals surface area contributed by atoms with Crippen molar-refractivity contribution in [1.29, 1.82) is 0 Å². The van der Waals surface area contributed by atoms with Gasteiger partial charge in [0.1, 0.15) is 0 Å². The van der Waals surface area contributed by atoms with Gasteiger partial charge < -0.3 is 11.5 Å². The largest absolute Gasteiger partial charge is 0.324 e. The lowest BCUT2D eigenvalue weighted by Gasteiger charge is -2.15. The fourth-order valence-corrected chi connectivity index (χ4v) is 0.863. The molecule has 1 aliphatic carbocycles. The Morgan fingerprint density at radius 1 is 1.00 bits per heavy atom. The van der Waals surface area contributed by atoms with E-state index < -0.39 is 0 Å². The van der Waals surface area contributed by atoms with Crippen molar-refractivity contribution in [3.05, 3.63) is 12.2 Å². The summed E-state index contributed by atoms with van der Waals surface area (Å²) in [6.45, 7) is 0. The summed E-state index contributed by atoms with van der Waals surface area (Å²) in [7, 11) is 0. The van der Waals surface area contributed by atoms with Gasteiger partial charge in [0.15, 0.2) is 0 Å². The van der Waals surface area contributed by atoms with Crippen LogP contribution in [0.1, 0.15) is 12.8 Å². The Balaban J connectivity index is 2.42. The fraction of sp³-hybridized carbons (Fsp3) is 0.667. The molecule has 0 spiro atoms. The first-order valence-corrected chi connectivity index (χ1v) is 2.98. The molecule has 1 rings (SSSR count). The Kier molecular flexibility index (Phi) is 1.65. The highest BCUT2D eigenvalue weighted by atomic mass is 14.7. The highest BCUT2D eigenvalue weighted by Crippen LogP contribution is 2.06. The van der Waals surface area contributed by atoms with Gasteiger partial charge in [-0.25, -0.2) is 0 Å². The predicted octanol–water partition coefficient (Wildman–Crippen LogP) is -0.00900. The van der Waals surface area contributed by atoms with E-state index in [2.05, 4.69) is 0 Å². The second-order valence-corrected chi connectivity index (χ2v) is 2.29. The maximum absolute atomic E-state index is 5.55. The van der Waals surface area contributed by atoms with Crippen LogP contribution in [0.3, 0.4) is 0 Å². The van der Waals surface area contributed by atoms with E-state index in [4.69, 9.17) is 11.5 Å². The molecule has 2 heteroatoms. The molecule has 0 bridgehead atoms. The van der Waals surface area contributed by atoms with Gasteiger partial charge in [-0.15, -0.1) is 0 Å². The average molecular weight is 112 g/mol. The topological polar surface area (TPSA) is 52.0 Å². The Labute approximate surface area is 49.5 Å². The molecule has 0 aromatic rings. The molecule has 1 aliphatic rings.